The lowest BCUT2D eigenvalue weighted by molar-refractivity contribution is -0.146. The van der Waals surface area contributed by atoms with Crippen LogP contribution in [0.5, 0.6) is 0 Å². The minimum Gasteiger partial charge on any atom is -0.347 e. The van der Waals surface area contributed by atoms with E-state index in [9.17, 15) is 28.8 Å². The number of fused-ring (bicyclic) bond motifs is 1. The summed E-state index contributed by atoms with van der Waals surface area (Å²) in [5.74, 6) is -3.20. The van der Waals surface area contributed by atoms with E-state index in [2.05, 4.69) is 31.2 Å². The molecule has 5 rings (SSSR count). The van der Waals surface area contributed by atoms with Gasteiger partial charge in [-0.05, 0) is 68.1 Å². The minimum absolute atomic E-state index is 0.0132. The molecular weight excluding hydrogens is 626 g/mol. The second-order valence-electron chi connectivity index (χ2n) is 15.5. The van der Waals surface area contributed by atoms with Gasteiger partial charge in [-0.2, -0.15) is 0 Å². The van der Waals surface area contributed by atoms with Crippen LogP contribution in [0.15, 0.2) is 18.6 Å². The van der Waals surface area contributed by atoms with E-state index in [1.54, 1.807) is 4.90 Å². The van der Waals surface area contributed by atoms with Crippen LogP contribution in [0.25, 0.3) is 0 Å². The smallest absolute Gasteiger partial charge is 0.289 e. The van der Waals surface area contributed by atoms with Crippen LogP contribution < -0.4 is 21.3 Å². The molecule has 49 heavy (non-hydrogen) atoms. The number of nitrogens with one attached hydrogen (secondary N) is 4. The molecule has 0 spiro atoms. The summed E-state index contributed by atoms with van der Waals surface area (Å²) in [7, 11) is 0. The zero-order valence-corrected chi connectivity index (χ0v) is 29.3. The van der Waals surface area contributed by atoms with Crippen molar-refractivity contribution in [1.29, 1.82) is 0 Å². The second kappa shape index (κ2) is 15.8. The molecular formula is C36H53N7O6. The summed E-state index contributed by atoms with van der Waals surface area (Å²) in [4.78, 5) is 91.4. The number of hydrogen-bond donors (Lipinski definition) is 4. The van der Waals surface area contributed by atoms with Crippen LogP contribution in [0.4, 0.5) is 0 Å². The van der Waals surface area contributed by atoms with Crippen molar-refractivity contribution in [3.8, 4) is 0 Å². The first-order valence-electron chi connectivity index (χ1n) is 18.2. The van der Waals surface area contributed by atoms with Crippen molar-refractivity contribution in [2.24, 2.45) is 23.2 Å². The highest BCUT2D eigenvalue weighted by Crippen LogP contribution is 2.43. The van der Waals surface area contributed by atoms with E-state index in [1.165, 1.54) is 18.6 Å². The molecule has 1 aromatic heterocycles. The molecule has 13 heteroatoms. The lowest BCUT2D eigenvalue weighted by atomic mass is 9.82. The molecule has 13 nitrogen and oxygen atoms in total. The molecule has 4 aliphatic rings. The van der Waals surface area contributed by atoms with Crippen LogP contribution >= 0.6 is 0 Å². The molecule has 4 fully saturated rings. The number of rotatable bonds is 13. The van der Waals surface area contributed by atoms with Gasteiger partial charge in [-0.1, -0.05) is 59.8 Å². The van der Waals surface area contributed by atoms with Gasteiger partial charge in [0.1, 0.15) is 23.8 Å². The quantitative estimate of drug-likeness (QED) is 0.230. The molecule has 2 heterocycles. The largest absolute Gasteiger partial charge is 0.347 e. The molecule has 268 valence electrons. The predicted octanol–water partition coefficient (Wildman–Crippen LogP) is 2.45. The number of Topliss-reactive ketones (excluding diaryl/α,β-unsaturated/α-hetero) is 1. The fraction of sp³-hybridized carbons (Fsp3) is 0.722. The van der Waals surface area contributed by atoms with Gasteiger partial charge < -0.3 is 26.2 Å². The molecule has 5 amide bonds. The molecule has 1 saturated heterocycles. The van der Waals surface area contributed by atoms with Gasteiger partial charge in [-0.15, -0.1) is 0 Å². The maximum atomic E-state index is 14.6. The Kier molecular flexibility index (Phi) is 11.7. The lowest BCUT2D eigenvalue weighted by Gasteiger charge is -2.38. The number of carbonyl (C=O) groups excluding carboxylic acids is 6. The Morgan fingerprint density at radius 2 is 1.63 bits per heavy atom. The predicted molar refractivity (Wildman–Crippen MR) is 181 cm³/mol. The van der Waals surface area contributed by atoms with Crippen molar-refractivity contribution < 1.29 is 28.8 Å². The Morgan fingerprint density at radius 1 is 0.898 bits per heavy atom. The van der Waals surface area contributed by atoms with Gasteiger partial charge in [0.25, 0.3) is 11.8 Å². The van der Waals surface area contributed by atoms with E-state index in [0.29, 0.717) is 19.4 Å². The normalized spacial score (nSPS) is 24.2. The molecule has 1 aliphatic heterocycles. The summed E-state index contributed by atoms with van der Waals surface area (Å²) in [6.45, 7) is 7.85. The third kappa shape index (κ3) is 8.83. The summed E-state index contributed by atoms with van der Waals surface area (Å²) < 4.78 is 0. The molecule has 4 N–H and O–H groups in total. The summed E-state index contributed by atoms with van der Waals surface area (Å²) in [6.07, 6.45) is 13.9. The third-order valence-electron chi connectivity index (χ3n) is 10.7. The average molecular weight is 680 g/mol. The summed E-state index contributed by atoms with van der Waals surface area (Å²) in [6, 6.07) is -3.68. The molecule has 0 bridgehead atoms. The monoisotopic (exact) mass is 679 g/mol. The van der Waals surface area contributed by atoms with Gasteiger partial charge >= 0.3 is 0 Å². The van der Waals surface area contributed by atoms with Gasteiger partial charge in [0.15, 0.2) is 0 Å². The standard InChI is InChI=1S/C36H53N7O6/c1-5-10-25(29(44)34(48)39-23-15-16-23)40-33(47)28-24-14-9-13-22(24)20-43(28)35(49)30(36(2,3)4)42-32(46)27(21-11-7-6-8-12-21)41-31(45)26-19-37-17-18-38-26/h17-19,21-25,27-28,30H,5-16,20H2,1-4H3,(H,39,48)(H,40,47)(H,41,45)(H,42,46)/t22-,24+,25-,27-,28?,30+/m1/s1. The highest BCUT2D eigenvalue weighted by molar-refractivity contribution is 6.38. The third-order valence-corrected chi connectivity index (χ3v) is 10.7. The van der Waals surface area contributed by atoms with Crippen LogP contribution in [0.1, 0.15) is 115 Å². The zero-order chi connectivity index (χ0) is 35.3. The van der Waals surface area contributed by atoms with Gasteiger partial charge in [0.2, 0.25) is 23.5 Å². The highest BCUT2D eigenvalue weighted by Gasteiger charge is 2.52. The Balaban J connectivity index is 1.36. The van der Waals surface area contributed by atoms with Crippen LogP contribution in [0, 0.1) is 23.2 Å². The van der Waals surface area contributed by atoms with E-state index in [0.717, 1.165) is 64.2 Å². The van der Waals surface area contributed by atoms with Crippen molar-refractivity contribution in [2.75, 3.05) is 6.54 Å². The van der Waals surface area contributed by atoms with Crippen LogP contribution in [-0.2, 0) is 24.0 Å². The second-order valence-corrected chi connectivity index (χ2v) is 15.5. The Labute approximate surface area is 288 Å². The first-order chi connectivity index (χ1) is 23.4. The van der Waals surface area contributed by atoms with Gasteiger partial charge in [0, 0.05) is 25.0 Å². The first kappa shape index (κ1) is 36.4. The van der Waals surface area contributed by atoms with Crippen molar-refractivity contribution in [2.45, 2.75) is 135 Å². The van der Waals surface area contributed by atoms with E-state index in [-0.39, 0.29) is 35.4 Å². The number of ketones is 1. The number of nitrogens with zero attached hydrogens (tertiary/aromatic N) is 3. The lowest BCUT2D eigenvalue weighted by Crippen LogP contribution is -2.62. The van der Waals surface area contributed by atoms with E-state index >= 15 is 0 Å². The Bertz CT molecular complexity index is 1390. The summed E-state index contributed by atoms with van der Waals surface area (Å²) in [5.41, 5.74) is -0.638. The minimum atomic E-state index is -0.994. The number of aromatic nitrogens is 2. The molecule has 6 atom stereocenters. The fourth-order valence-corrected chi connectivity index (χ4v) is 7.87. The first-order valence-corrected chi connectivity index (χ1v) is 18.2. The summed E-state index contributed by atoms with van der Waals surface area (Å²) >= 11 is 0. The van der Waals surface area contributed by atoms with Gasteiger partial charge in [0.05, 0.1) is 12.2 Å². The Hall–Kier alpha value is -3.90. The number of hydrogen-bond acceptors (Lipinski definition) is 8. The molecule has 1 unspecified atom stereocenters. The van der Waals surface area contributed by atoms with Crippen LogP contribution in [0.3, 0.4) is 0 Å². The van der Waals surface area contributed by atoms with Gasteiger partial charge in [-0.25, -0.2) is 4.98 Å². The molecule has 3 saturated carbocycles. The molecule has 0 aromatic carbocycles. The van der Waals surface area contributed by atoms with Crippen molar-refractivity contribution in [1.82, 2.24) is 36.1 Å². The maximum Gasteiger partial charge on any atom is 0.289 e. The van der Waals surface area contributed by atoms with Crippen LogP contribution in [-0.4, -0.2) is 86.9 Å². The SMILES string of the molecule is CCC[C@@H](NC(=O)C1[C@H]2CCC[C@@H]2CN1C(=O)[C@H](NC(=O)[C@H](NC(=O)c1cnccn1)C1CCCCC1)C(C)(C)C)C(=O)C(=O)NC1CC1. The number of carbonyl (C=O) groups is 6. The average Bonchev–Trinajstić information content (AvgIpc) is 3.65. The topological polar surface area (TPSA) is 180 Å². The van der Waals surface area contributed by atoms with Crippen LogP contribution in [0.2, 0.25) is 0 Å². The molecule has 3 aliphatic carbocycles. The highest BCUT2D eigenvalue weighted by atomic mass is 16.2. The fourth-order valence-electron chi connectivity index (χ4n) is 7.87. The molecule has 1 aromatic rings. The van der Waals surface area contributed by atoms with Gasteiger partial charge in [-0.3, -0.25) is 33.8 Å². The summed E-state index contributed by atoms with van der Waals surface area (Å²) in [5, 5.41) is 11.5. The van der Waals surface area contributed by atoms with Crippen molar-refractivity contribution in [3.63, 3.8) is 0 Å². The zero-order valence-electron chi connectivity index (χ0n) is 29.3. The van der Waals surface area contributed by atoms with Crippen molar-refractivity contribution >= 4 is 35.3 Å². The van der Waals surface area contributed by atoms with E-state index in [4.69, 9.17) is 0 Å². The maximum absolute atomic E-state index is 14.6. The Morgan fingerprint density at radius 3 is 2.27 bits per heavy atom. The number of amides is 5. The van der Waals surface area contributed by atoms with Crippen molar-refractivity contribution in [3.05, 3.63) is 24.3 Å². The van der Waals surface area contributed by atoms with E-state index in [1.807, 2.05) is 27.7 Å². The number of likely N-dealkylation sites (tertiary alicyclic amines) is 1. The van der Waals surface area contributed by atoms with E-state index < -0.39 is 59.0 Å². The molecule has 0 radical (unpaired) electrons.